The van der Waals surface area contributed by atoms with E-state index < -0.39 is 0 Å². The van der Waals surface area contributed by atoms with Gasteiger partial charge in [-0.2, -0.15) is 19.5 Å². The van der Waals surface area contributed by atoms with E-state index in [1.165, 1.54) is 4.52 Å². The van der Waals surface area contributed by atoms with Gasteiger partial charge >= 0.3 is 0 Å². The molecule has 0 aliphatic heterocycles. The monoisotopic (exact) mass is 322 g/mol. The number of hydrogen-bond donors (Lipinski definition) is 2. The van der Waals surface area contributed by atoms with Crippen LogP contribution in [0.3, 0.4) is 0 Å². The largest absolute Gasteiger partial charge is 0.461 e. The third-order valence-electron chi connectivity index (χ3n) is 3.37. The highest BCUT2D eigenvalue weighted by molar-refractivity contribution is 5.52. The number of nitrogen functional groups attached to an aromatic ring is 1. The minimum absolute atomic E-state index is 0.200. The zero-order chi connectivity index (χ0) is 16.4. The number of pyridine rings is 1. The van der Waals surface area contributed by atoms with Crippen LogP contribution in [0.25, 0.3) is 17.4 Å². The second-order valence-corrected chi connectivity index (χ2v) is 5.03. The van der Waals surface area contributed by atoms with E-state index in [1.807, 2.05) is 18.2 Å². The van der Waals surface area contributed by atoms with Gasteiger partial charge in [0.05, 0.1) is 6.26 Å². The fourth-order valence-electron chi connectivity index (χ4n) is 2.24. The average molecular weight is 322 g/mol. The molecule has 9 nitrogen and oxygen atoms in total. The summed E-state index contributed by atoms with van der Waals surface area (Å²) >= 11 is 0. The third-order valence-corrected chi connectivity index (χ3v) is 3.37. The summed E-state index contributed by atoms with van der Waals surface area (Å²) in [6.07, 6.45) is 4.07. The van der Waals surface area contributed by atoms with Gasteiger partial charge in [-0.05, 0) is 24.3 Å². The van der Waals surface area contributed by atoms with Gasteiger partial charge in [0.15, 0.2) is 5.76 Å². The Morgan fingerprint density at radius 3 is 2.88 bits per heavy atom. The van der Waals surface area contributed by atoms with Gasteiger partial charge in [-0.25, -0.2) is 0 Å². The van der Waals surface area contributed by atoms with Crippen molar-refractivity contribution in [2.45, 2.75) is 6.42 Å². The number of furan rings is 1. The van der Waals surface area contributed by atoms with E-state index in [4.69, 9.17) is 10.2 Å². The fraction of sp³-hybridized carbons (Fsp3) is 0.133. The Balaban J connectivity index is 1.54. The van der Waals surface area contributed by atoms with Crippen LogP contribution in [-0.4, -0.2) is 36.1 Å². The summed E-state index contributed by atoms with van der Waals surface area (Å²) in [5, 5.41) is 7.37. The van der Waals surface area contributed by atoms with Crippen molar-refractivity contribution in [3.8, 4) is 11.6 Å². The second-order valence-electron chi connectivity index (χ2n) is 5.03. The van der Waals surface area contributed by atoms with E-state index in [0.29, 0.717) is 29.9 Å². The highest BCUT2D eigenvalue weighted by Gasteiger charge is 2.13. The Labute approximate surface area is 136 Å². The first kappa shape index (κ1) is 14.1. The SMILES string of the molecule is Nc1nc(NCCc2ccccn2)nc2nc(-c3ccco3)nn12. The molecule has 0 spiro atoms. The van der Waals surface area contributed by atoms with Gasteiger partial charge in [0.1, 0.15) is 0 Å². The molecule has 0 atom stereocenters. The number of nitrogens with one attached hydrogen (secondary N) is 1. The smallest absolute Gasteiger partial charge is 0.259 e. The van der Waals surface area contributed by atoms with Crippen molar-refractivity contribution in [2.24, 2.45) is 0 Å². The van der Waals surface area contributed by atoms with Crippen molar-refractivity contribution in [1.82, 2.24) is 29.5 Å². The standard InChI is InChI=1S/C15H14N8O/c16-13-20-14(18-8-6-10-4-1-2-7-17-10)21-15-19-12(22-23(13)15)11-5-3-9-24-11/h1-5,7,9H,6,8H2,(H3,16,18,19,20,21,22). The zero-order valence-electron chi connectivity index (χ0n) is 12.6. The summed E-state index contributed by atoms with van der Waals surface area (Å²) in [5.74, 6) is 1.91. The Kier molecular flexibility index (Phi) is 3.50. The number of rotatable bonds is 5. The molecule has 0 saturated heterocycles. The fourth-order valence-corrected chi connectivity index (χ4v) is 2.24. The molecular weight excluding hydrogens is 308 g/mol. The first-order chi connectivity index (χ1) is 11.8. The van der Waals surface area contributed by atoms with Crippen molar-refractivity contribution in [3.05, 3.63) is 48.5 Å². The highest BCUT2D eigenvalue weighted by atomic mass is 16.3. The maximum Gasteiger partial charge on any atom is 0.259 e. The number of nitrogens with two attached hydrogens (primary N) is 1. The molecule has 3 N–H and O–H groups in total. The van der Waals surface area contributed by atoms with E-state index in [9.17, 15) is 0 Å². The van der Waals surface area contributed by atoms with Gasteiger partial charge < -0.3 is 15.5 Å². The van der Waals surface area contributed by atoms with Crippen LogP contribution in [0.2, 0.25) is 0 Å². The predicted octanol–water partition coefficient (Wildman–Crippen LogP) is 1.41. The lowest BCUT2D eigenvalue weighted by Gasteiger charge is -2.05. The molecule has 4 aromatic heterocycles. The minimum Gasteiger partial charge on any atom is -0.461 e. The molecule has 0 amide bonds. The second kappa shape index (κ2) is 5.95. The van der Waals surface area contributed by atoms with Gasteiger partial charge in [0.2, 0.25) is 17.7 Å². The molecule has 4 aromatic rings. The maximum atomic E-state index is 5.93. The van der Waals surface area contributed by atoms with Crippen LogP contribution in [-0.2, 0) is 6.42 Å². The van der Waals surface area contributed by atoms with E-state index in [2.05, 4.69) is 30.4 Å². The summed E-state index contributed by atoms with van der Waals surface area (Å²) in [7, 11) is 0. The molecule has 9 heteroatoms. The number of anilines is 2. The summed E-state index contributed by atoms with van der Waals surface area (Å²) < 4.78 is 6.66. The van der Waals surface area contributed by atoms with Gasteiger partial charge in [0.25, 0.3) is 5.78 Å². The molecule has 4 rings (SSSR count). The summed E-state index contributed by atoms with van der Waals surface area (Å²) in [6.45, 7) is 0.631. The lowest BCUT2D eigenvalue weighted by atomic mass is 10.3. The lowest BCUT2D eigenvalue weighted by Crippen LogP contribution is -2.12. The minimum atomic E-state index is 0.200. The lowest BCUT2D eigenvalue weighted by molar-refractivity contribution is 0.577. The van der Waals surface area contributed by atoms with Gasteiger partial charge in [-0.3, -0.25) is 4.98 Å². The van der Waals surface area contributed by atoms with Crippen molar-refractivity contribution in [1.29, 1.82) is 0 Å². The van der Waals surface area contributed by atoms with Crippen molar-refractivity contribution in [3.63, 3.8) is 0 Å². The number of nitrogens with zero attached hydrogens (tertiary/aromatic N) is 6. The quantitative estimate of drug-likeness (QED) is 0.566. The Morgan fingerprint density at radius 1 is 1.12 bits per heavy atom. The average Bonchev–Trinajstić information content (AvgIpc) is 3.25. The Hall–Kier alpha value is -3.49. The van der Waals surface area contributed by atoms with Crippen LogP contribution in [0.15, 0.2) is 47.2 Å². The predicted molar refractivity (Wildman–Crippen MR) is 87.1 cm³/mol. The van der Waals surface area contributed by atoms with Crippen molar-refractivity contribution < 1.29 is 4.42 Å². The molecule has 0 bridgehead atoms. The first-order valence-electron chi connectivity index (χ1n) is 7.37. The first-order valence-corrected chi connectivity index (χ1v) is 7.37. The molecule has 24 heavy (non-hydrogen) atoms. The van der Waals surface area contributed by atoms with Crippen molar-refractivity contribution in [2.75, 3.05) is 17.6 Å². The topological polar surface area (TPSA) is 120 Å². The molecule has 0 saturated carbocycles. The number of aromatic nitrogens is 6. The van der Waals surface area contributed by atoms with E-state index >= 15 is 0 Å². The molecule has 120 valence electrons. The molecule has 0 aromatic carbocycles. The van der Waals surface area contributed by atoms with Crippen LogP contribution < -0.4 is 11.1 Å². The summed E-state index contributed by atoms with van der Waals surface area (Å²) in [4.78, 5) is 17.1. The highest BCUT2D eigenvalue weighted by Crippen LogP contribution is 2.17. The van der Waals surface area contributed by atoms with Crippen LogP contribution >= 0.6 is 0 Å². The zero-order valence-corrected chi connectivity index (χ0v) is 12.6. The molecule has 0 unspecified atom stereocenters. The molecular formula is C15H14N8O. The van der Waals surface area contributed by atoms with Gasteiger partial charge in [-0.15, -0.1) is 5.10 Å². The number of fused-ring (bicyclic) bond motifs is 1. The van der Waals surface area contributed by atoms with Crippen LogP contribution in [0, 0.1) is 0 Å². The molecule has 0 radical (unpaired) electrons. The maximum absolute atomic E-state index is 5.93. The van der Waals surface area contributed by atoms with Crippen LogP contribution in [0.4, 0.5) is 11.9 Å². The van der Waals surface area contributed by atoms with E-state index in [1.54, 1.807) is 24.6 Å². The molecule has 0 aliphatic rings. The van der Waals surface area contributed by atoms with E-state index in [-0.39, 0.29) is 5.95 Å². The number of hydrogen-bond acceptors (Lipinski definition) is 8. The van der Waals surface area contributed by atoms with Crippen molar-refractivity contribution >= 4 is 17.7 Å². The summed E-state index contributed by atoms with van der Waals surface area (Å²) in [5.41, 5.74) is 6.92. The van der Waals surface area contributed by atoms with E-state index in [0.717, 1.165) is 12.1 Å². The Morgan fingerprint density at radius 2 is 2.08 bits per heavy atom. The molecule has 0 aliphatic carbocycles. The summed E-state index contributed by atoms with van der Waals surface area (Å²) in [6, 6.07) is 9.34. The Bertz CT molecular complexity index is 948. The van der Waals surface area contributed by atoms with Crippen LogP contribution in [0.5, 0.6) is 0 Å². The van der Waals surface area contributed by atoms with Gasteiger partial charge in [0, 0.05) is 24.9 Å². The van der Waals surface area contributed by atoms with Crippen LogP contribution in [0.1, 0.15) is 5.69 Å². The molecule has 4 heterocycles. The third kappa shape index (κ3) is 2.74. The van der Waals surface area contributed by atoms with Gasteiger partial charge in [-0.1, -0.05) is 6.07 Å². The molecule has 0 fully saturated rings. The normalized spacial score (nSPS) is 11.0.